The first kappa shape index (κ1) is 25.5. The van der Waals surface area contributed by atoms with Crippen LogP contribution in [-0.4, -0.2) is 69.8 Å². The second-order valence-corrected chi connectivity index (χ2v) is 9.00. The number of rotatable bonds is 7. The van der Waals surface area contributed by atoms with Crippen LogP contribution < -0.4 is 20.7 Å². The molecule has 39 heavy (non-hydrogen) atoms. The lowest BCUT2D eigenvalue weighted by Crippen LogP contribution is -2.39. The van der Waals surface area contributed by atoms with Gasteiger partial charge in [-0.1, -0.05) is 0 Å². The number of amides is 4. The van der Waals surface area contributed by atoms with Gasteiger partial charge >= 0.3 is 6.03 Å². The number of nitrogens with two attached hydrogens (primary N) is 1. The van der Waals surface area contributed by atoms with E-state index in [9.17, 15) is 14.4 Å². The number of benzene rings is 2. The molecule has 3 N–H and O–H groups in total. The van der Waals surface area contributed by atoms with Gasteiger partial charge in [-0.15, -0.1) is 0 Å². The van der Waals surface area contributed by atoms with E-state index in [2.05, 4.69) is 15.4 Å². The third-order valence-electron chi connectivity index (χ3n) is 6.66. The Hall–Kier alpha value is -5.13. The quantitative estimate of drug-likeness (QED) is 0.377. The molecule has 4 aromatic rings. The molecular formula is C27H28N8O4. The third-order valence-corrected chi connectivity index (χ3v) is 6.66. The number of hydrogen-bond donors (Lipinski definition) is 2. The van der Waals surface area contributed by atoms with E-state index in [4.69, 9.17) is 10.5 Å². The van der Waals surface area contributed by atoms with Crippen LogP contribution in [0.3, 0.4) is 0 Å². The molecule has 4 amide bonds. The molecule has 1 aliphatic heterocycles. The largest absolute Gasteiger partial charge is 0.497 e. The van der Waals surface area contributed by atoms with E-state index >= 15 is 0 Å². The zero-order chi connectivity index (χ0) is 27.7. The first-order valence-corrected chi connectivity index (χ1v) is 12.3. The molecule has 0 atom stereocenters. The Balaban J connectivity index is 1.44. The Morgan fingerprint density at radius 2 is 1.74 bits per heavy atom. The smallest absolute Gasteiger partial charge is 0.317 e. The lowest BCUT2D eigenvalue weighted by atomic mass is 10.0. The topological polar surface area (TPSA) is 141 Å². The summed E-state index contributed by atoms with van der Waals surface area (Å²) < 4.78 is 8.59. The Labute approximate surface area is 224 Å². The van der Waals surface area contributed by atoms with Gasteiger partial charge in [0.2, 0.25) is 0 Å². The molecule has 0 aliphatic carbocycles. The van der Waals surface area contributed by atoms with E-state index in [0.29, 0.717) is 53.7 Å². The van der Waals surface area contributed by atoms with Gasteiger partial charge in [0.25, 0.3) is 11.8 Å². The van der Waals surface area contributed by atoms with Crippen LogP contribution in [0.2, 0.25) is 0 Å². The summed E-state index contributed by atoms with van der Waals surface area (Å²) in [6, 6.07) is 14.3. The number of primary amides is 1. The second kappa shape index (κ2) is 10.3. The van der Waals surface area contributed by atoms with Crippen molar-refractivity contribution in [1.82, 2.24) is 29.5 Å². The Bertz CT molecular complexity index is 1540. The number of anilines is 1. The number of methoxy groups -OCH3 is 1. The Morgan fingerprint density at radius 1 is 1.08 bits per heavy atom. The minimum absolute atomic E-state index is 0.0959. The van der Waals surface area contributed by atoms with Gasteiger partial charge < -0.3 is 30.2 Å². The second-order valence-electron chi connectivity index (χ2n) is 9.00. The average Bonchev–Trinajstić information content (AvgIpc) is 3.58. The lowest BCUT2D eigenvalue weighted by Gasteiger charge is -2.28. The zero-order valence-corrected chi connectivity index (χ0v) is 21.8. The van der Waals surface area contributed by atoms with E-state index < -0.39 is 5.91 Å². The summed E-state index contributed by atoms with van der Waals surface area (Å²) in [7, 11) is 4.84. The summed E-state index contributed by atoms with van der Waals surface area (Å²) in [5.74, 6) is 0.386. The van der Waals surface area contributed by atoms with Crippen LogP contribution in [0.25, 0.3) is 11.4 Å². The maximum absolute atomic E-state index is 13.8. The number of fused-ring (bicyclic) bond motifs is 1. The molecule has 1 aliphatic rings. The highest BCUT2D eigenvalue weighted by molar-refractivity contribution is 6.09. The highest BCUT2D eigenvalue weighted by Gasteiger charge is 2.34. The van der Waals surface area contributed by atoms with Gasteiger partial charge in [0, 0.05) is 50.0 Å². The van der Waals surface area contributed by atoms with Gasteiger partial charge in [0.15, 0.2) is 5.69 Å². The summed E-state index contributed by atoms with van der Waals surface area (Å²) >= 11 is 0. The summed E-state index contributed by atoms with van der Waals surface area (Å²) in [5, 5.41) is 7.00. The Kier molecular flexibility index (Phi) is 6.75. The molecule has 2 aromatic heterocycles. The summed E-state index contributed by atoms with van der Waals surface area (Å²) in [6.07, 6.45) is 3.92. The molecule has 5 rings (SSSR count). The molecule has 3 heterocycles. The predicted octanol–water partition coefficient (Wildman–Crippen LogP) is 2.14. The van der Waals surface area contributed by atoms with E-state index in [0.717, 1.165) is 5.69 Å². The van der Waals surface area contributed by atoms with Gasteiger partial charge in [-0.2, -0.15) is 5.10 Å². The molecule has 200 valence electrons. The number of hydrogen-bond acceptors (Lipinski definition) is 6. The van der Waals surface area contributed by atoms with E-state index in [-0.39, 0.29) is 17.6 Å². The summed E-state index contributed by atoms with van der Waals surface area (Å²) in [5.41, 5.74) is 8.69. The van der Waals surface area contributed by atoms with Crippen LogP contribution in [0.1, 0.15) is 32.4 Å². The standard InChI is InChI=1S/C27H28N8O4/c1-29-27(38)32(2)16-22-30-13-15-33(22)17-4-6-18(7-5-17)34-14-12-21-23(25(28)36)31-35(24(21)26(34)37)19-8-10-20(39-3)11-9-19/h4-11,13,15H,12,14,16H2,1-3H3,(H2,28,36)(H,29,38). The van der Waals surface area contributed by atoms with Crippen molar-refractivity contribution in [3.63, 3.8) is 0 Å². The minimum atomic E-state index is -0.678. The number of ether oxygens (including phenoxy) is 1. The van der Waals surface area contributed by atoms with Crippen LogP contribution in [-0.2, 0) is 13.0 Å². The normalized spacial score (nSPS) is 12.7. The highest BCUT2D eigenvalue weighted by atomic mass is 16.5. The van der Waals surface area contributed by atoms with Crippen LogP contribution in [0.4, 0.5) is 10.5 Å². The molecule has 0 spiro atoms. The van der Waals surface area contributed by atoms with Crippen LogP contribution in [0.15, 0.2) is 60.9 Å². The third kappa shape index (κ3) is 4.67. The fourth-order valence-corrected chi connectivity index (χ4v) is 4.67. The number of carbonyl (C=O) groups excluding carboxylic acids is 3. The fourth-order valence-electron chi connectivity index (χ4n) is 4.67. The molecular weight excluding hydrogens is 500 g/mol. The molecule has 0 fully saturated rings. The van der Waals surface area contributed by atoms with Crippen LogP contribution in [0.5, 0.6) is 5.75 Å². The molecule has 0 unspecified atom stereocenters. The highest BCUT2D eigenvalue weighted by Crippen LogP contribution is 2.30. The first-order chi connectivity index (χ1) is 18.8. The van der Waals surface area contributed by atoms with Gasteiger partial charge in [-0.05, 0) is 55.0 Å². The average molecular weight is 529 g/mol. The molecule has 2 aromatic carbocycles. The van der Waals surface area contributed by atoms with Crippen molar-refractivity contribution in [2.24, 2.45) is 5.73 Å². The van der Waals surface area contributed by atoms with Crippen molar-refractivity contribution in [2.45, 2.75) is 13.0 Å². The summed E-state index contributed by atoms with van der Waals surface area (Å²) in [4.78, 5) is 45.4. The molecule has 0 bridgehead atoms. The Morgan fingerprint density at radius 3 is 2.38 bits per heavy atom. The number of nitrogens with one attached hydrogen (secondary N) is 1. The maximum Gasteiger partial charge on any atom is 0.317 e. The molecule has 0 saturated heterocycles. The molecule has 0 radical (unpaired) electrons. The van der Waals surface area contributed by atoms with E-state index in [1.807, 2.05) is 35.0 Å². The van der Waals surface area contributed by atoms with Crippen molar-refractivity contribution < 1.29 is 19.1 Å². The number of nitrogens with zero attached hydrogens (tertiary/aromatic N) is 6. The summed E-state index contributed by atoms with van der Waals surface area (Å²) in [6.45, 7) is 0.687. The van der Waals surface area contributed by atoms with Crippen molar-refractivity contribution in [3.8, 4) is 17.1 Å². The van der Waals surface area contributed by atoms with Crippen molar-refractivity contribution >= 4 is 23.5 Å². The first-order valence-electron chi connectivity index (χ1n) is 12.3. The molecule has 12 heteroatoms. The number of imidazole rings is 1. The molecule has 12 nitrogen and oxygen atoms in total. The molecule has 0 saturated carbocycles. The predicted molar refractivity (Wildman–Crippen MR) is 144 cm³/mol. The zero-order valence-electron chi connectivity index (χ0n) is 21.8. The van der Waals surface area contributed by atoms with E-state index in [1.165, 1.54) is 9.58 Å². The van der Waals surface area contributed by atoms with Gasteiger partial charge in [-0.3, -0.25) is 9.59 Å². The van der Waals surface area contributed by atoms with Crippen molar-refractivity contribution in [3.05, 3.63) is 83.7 Å². The van der Waals surface area contributed by atoms with Crippen molar-refractivity contribution in [2.75, 3.05) is 32.6 Å². The van der Waals surface area contributed by atoms with Gasteiger partial charge in [-0.25, -0.2) is 14.5 Å². The number of carbonyl (C=O) groups is 3. The number of aromatic nitrogens is 4. The monoisotopic (exact) mass is 528 g/mol. The van der Waals surface area contributed by atoms with Crippen molar-refractivity contribution in [1.29, 1.82) is 0 Å². The number of urea groups is 1. The minimum Gasteiger partial charge on any atom is -0.497 e. The lowest BCUT2D eigenvalue weighted by molar-refractivity contribution is 0.0972. The fraction of sp³-hybridized carbons (Fsp3) is 0.222. The SMILES string of the molecule is CNC(=O)N(C)Cc1nccn1-c1ccc(N2CCc3c(C(N)=O)nn(-c4ccc(OC)cc4)c3C2=O)cc1. The van der Waals surface area contributed by atoms with Crippen LogP contribution in [0, 0.1) is 0 Å². The van der Waals surface area contributed by atoms with Crippen LogP contribution >= 0.6 is 0 Å². The van der Waals surface area contributed by atoms with Gasteiger partial charge in [0.1, 0.15) is 17.3 Å². The maximum atomic E-state index is 13.8. The van der Waals surface area contributed by atoms with E-state index in [1.54, 1.807) is 56.6 Å². The van der Waals surface area contributed by atoms with Gasteiger partial charge in [0.05, 0.1) is 19.3 Å².